The third kappa shape index (κ3) is 4.26. The van der Waals surface area contributed by atoms with Gasteiger partial charge in [-0.2, -0.15) is 18.3 Å². The molecule has 0 fully saturated rings. The number of nitrogens with one attached hydrogen (secondary N) is 1. The van der Waals surface area contributed by atoms with E-state index in [1.165, 1.54) is 0 Å². The fourth-order valence-corrected chi connectivity index (χ4v) is 3.52. The van der Waals surface area contributed by atoms with Crippen molar-refractivity contribution < 1.29 is 18.0 Å². The van der Waals surface area contributed by atoms with Crippen LogP contribution in [0.4, 0.5) is 13.2 Å². The Hall–Kier alpha value is -2.31. The molecule has 1 atom stereocenters. The highest BCUT2D eigenvalue weighted by atomic mass is 19.4. The van der Waals surface area contributed by atoms with Gasteiger partial charge in [0.15, 0.2) is 0 Å². The van der Waals surface area contributed by atoms with Gasteiger partial charge in [-0.1, -0.05) is 6.07 Å². The number of alkyl halides is 3. The van der Waals surface area contributed by atoms with Gasteiger partial charge in [-0.05, 0) is 56.4 Å². The van der Waals surface area contributed by atoms with Crippen LogP contribution in [0.1, 0.15) is 54.1 Å². The van der Waals surface area contributed by atoms with Gasteiger partial charge in [-0.15, -0.1) is 0 Å². The van der Waals surface area contributed by atoms with Crippen LogP contribution in [-0.2, 0) is 11.2 Å². The molecule has 1 N–H and O–H groups in total. The second-order valence-electron chi connectivity index (χ2n) is 6.93. The molecule has 7 heteroatoms. The van der Waals surface area contributed by atoms with Crippen LogP contribution >= 0.6 is 0 Å². The third-order valence-electron chi connectivity index (χ3n) is 4.60. The summed E-state index contributed by atoms with van der Waals surface area (Å²) in [5.74, 6) is -0.570. The topological polar surface area (TPSA) is 46.9 Å². The zero-order valence-electron chi connectivity index (χ0n) is 14.9. The number of rotatable bonds is 4. The Balaban J connectivity index is 1.79. The predicted octanol–water partition coefficient (Wildman–Crippen LogP) is 4.33. The van der Waals surface area contributed by atoms with E-state index in [-0.39, 0.29) is 6.04 Å². The minimum absolute atomic E-state index is 0.279. The number of fused-ring (bicyclic) bond motifs is 1. The Bertz CT molecular complexity index is 791. The van der Waals surface area contributed by atoms with Gasteiger partial charge < -0.3 is 5.32 Å². The maximum atomic E-state index is 12.3. The van der Waals surface area contributed by atoms with Crippen molar-refractivity contribution >= 4 is 5.91 Å². The number of carbonyl (C=O) groups is 1. The number of benzene rings is 1. The van der Waals surface area contributed by atoms with Crippen LogP contribution < -0.4 is 5.32 Å². The molecule has 1 aliphatic carbocycles. The zero-order valence-corrected chi connectivity index (χ0v) is 14.9. The maximum absolute atomic E-state index is 12.3. The molecule has 0 spiro atoms. The molecule has 1 aliphatic rings. The number of aryl methyl sites for hydroxylation is 2. The van der Waals surface area contributed by atoms with Crippen molar-refractivity contribution in [3.8, 4) is 5.69 Å². The second kappa shape index (κ2) is 7.13. The van der Waals surface area contributed by atoms with Crippen molar-refractivity contribution in [3.63, 3.8) is 0 Å². The number of hydrogen-bond acceptors (Lipinski definition) is 2. The average Bonchev–Trinajstić information content (AvgIpc) is 2.96. The Morgan fingerprint density at radius 1 is 1.27 bits per heavy atom. The summed E-state index contributed by atoms with van der Waals surface area (Å²) < 4.78 is 38.8. The zero-order chi connectivity index (χ0) is 18.9. The minimum atomic E-state index is -4.32. The monoisotopic (exact) mass is 365 g/mol. The SMILES string of the molecule is Cc1cc(C)cc(-n2ncc3c2CCCC3NC(=O)CCC(F)(F)F)c1. The highest BCUT2D eigenvalue weighted by Crippen LogP contribution is 2.32. The van der Waals surface area contributed by atoms with Gasteiger partial charge in [-0.3, -0.25) is 4.79 Å². The molecule has 1 aromatic carbocycles. The lowest BCUT2D eigenvalue weighted by Gasteiger charge is -2.24. The largest absolute Gasteiger partial charge is 0.389 e. The Kier molecular flexibility index (Phi) is 5.07. The van der Waals surface area contributed by atoms with E-state index in [1.807, 2.05) is 30.7 Å². The first-order valence-electron chi connectivity index (χ1n) is 8.74. The molecule has 1 unspecified atom stereocenters. The van der Waals surface area contributed by atoms with Gasteiger partial charge in [0.25, 0.3) is 0 Å². The number of carbonyl (C=O) groups excluding carboxylic acids is 1. The lowest BCUT2D eigenvalue weighted by atomic mass is 9.92. The van der Waals surface area contributed by atoms with Crippen LogP contribution in [0.5, 0.6) is 0 Å². The molecule has 0 saturated heterocycles. The summed E-state index contributed by atoms with van der Waals surface area (Å²) in [6, 6.07) is 5.90. The maximum Gasteiger partial charge on any atom is 0.389 e. The molecule has 1 aromatic heterocycles. The van der Waals surface area contributed by atoms with Gasteiger partial charge in [0, 0.05) is 17.7 Å². The van der Waals surface area contributed by atoms with Crippen LogP contribution in [-0.4, -0.2) is 21.9 Å². The molecule has 4 nitrogen and oxygen atoms in total. The molecule has 0 bridgehead atoms. The molecule has 2 aromatic rings. The normalized spacial score (nSPS) is 17.0. The summed E-state index contributed by atoms with van der Waals surface area (Å²) in [6.45, 7) is 4.05. The van der Waals surface area contributed by atoms with E-state index in [2.05, 4.69) is 16.5 Å². The van der Waals surface area contributed by atoms with E-state index >= 15 is 0 Å². The molecule has 0 aliphatic heterocycles. The Morgan fingerprint density at radius 2 is 1.96 bits per heavy atom. The van der Waals surface area contributed by atoms with E-state index in [0.717, 1.165) is 40.9 Å². The number of aromatic nitrogens is 2. The van der Waals surface area contributed by atoms with Gasteiger partial charge in [0.1, 0.15) is 0 Å². The summed E-state index contributed by atoms with van der Waals surface area (Å²) >= 11 is 0. The number of hydrogen-bond donors (Lipinski definition) is 1. The first kappa shape index (κ1) is 18.5. The van der Waals surface area contributed by atoms with E-state index in [0.29, 0.717) is 6.42 Å². The molecule has 0 saturated carbocycles. The van der Waals surface area contributed by atoms with Gasteiger partial charge in [0.2, 0.25) is 5.91 Å². The average molecular weight is 365 g/mol. The summed E-state index contributed by atoms with van der Waals surface area (Å²) in [6.07, 6.45) is -1.83. The van der Waals surface area contributed by atoms with E-state index in [9.17, 15) is 18.0 Å². The quantitative estimate of drug-likeness (QED) is 0.877. The molecule has 0 radical (unpaired) electrons. The summed E-state index contributed by atoms with van der Waals surface area (Å²) in [7, 11) is 0. The lowest BCUT2D eigenvalue weighted by molar-refractivity contribution is -0.144. The Morgan fingerprint density at radius 3 is 2.62 bits per heavy atom. The molecule has 140 valence electrons. The first-order chi connectivity index (χ1) is 12.2. The van der Waals surface area contributed by atoms with E-state index in [1.54, 1.807) is 6.20 Å². The highest BCUT2D eigenvalue weighted by molar-refractivity contribution is 5.76. The Labute approximate surface area is 150 Å². The van der Waals surface area contributed by atoms with Crippen molar-refractivity contribution in [1.82, 2.24) is 15.1 Å². The van der Waals surface area contributed by atoms with Crippen molar-refractivity contribution in [2.45, 2.75) is 58.2 Å². The molecular weight excluding hydrogens is 343 g/mol. The van der Waals surface area contributed by atoms with Crippen molar-refractivity contribution in [2.75, 3.05) is 0 Å². The van der Waals surface area contributed by atoms with Crippen molar-refractivity contribution in [1.29, 1.82) is 0 Å². The fraction of sp³-hybridized carbons (Fsp3) is 0.474. The third-order valence-corrected chi connectivity index (χ3v) is 4.60. The standard InChI is InChI=1S/C19H22F3N3O/c1-12-8-13(2)10-14(9-12)25-17-5-3-4-16(15(17)11-23-25)24-18(26)6-7-19(20,21)22/h8-11,16H,3-7H2,1-2H3,(H,24,26). The molecule has 1 heterocycles. The highest BCUT2D eigenvalue weighted by Gasteiger charge is 2.30. The minimum Gasteiger partial charge on any atom is -0.349 e. The summed E-state index contributed by atoms with van der Waals surface area (Å²) in [5.41, 5.74) is 5.15. The lowest BCUT2D eigenvalue weighted by Crippen LogP contribution is -2.31. The van der Waals surface area contributed by atoms with E-state index < -0.39 is 24.9 Å². The van der Waals surface area contributed by atoms with E-state index in [4.69, 9.17) is 0 Å². The van der Waals surface area contributed by atoms with Crippen LogP contribution in [0.25, 0.3) is 5.69 Å². The second-order valence-corrected chi connectivity index (χ2v) is 6.93. The smallest absolute Gasteiger partial charge is 0.349 e. The van der Waals surface area contributed by atoms with Gasteiger partial charge >= 0.3 is 6.18 Å². The number of nitrogens with zero attached hydrogens (tertiary/aromatic N) is 2. The molecule has 1 amide bonds. The summed E-state index contributed by atoms with van der Waals surface area (Å²) in [5, 5.41) is 7.22. The van der Waals surface area contributed by atoms with Gasteiger partial charge in [-0.25, -0.2) is 4.68 Å². The van der Waals surface area contributed by atoms with Crippen molar-refractivity contribution in [2.24, 2.45) is 0 Å². The van der Waals surface area contributed by atoms with Crippen molar-refractivity contribution in [3.05, 3.63) is 46.8 Å². The van der Waals surface area contributed by atoms with Crippen LogP contribution in [0.2, 0.25) is 0 Å². The van der Waals surface area contributed by atoms with Crippen LogP contribution in [0.15, 0.2) is 24.4 Å². The van der Waals surface area contributed by atoms with Crippen LogP contribution in [0.3, 0.4) is 0 Å². The number of amides is 1. The fourth-order valence-electron chi connectivity index (χ4n) is 3.52. The van der Waals surface area contributed by atoms with Gasteiger partial charge in [0.05, 0.1) is 24.3 Å². The van der Waals surface area contributed by atoms with Crippen LogP contribution in [0, 0.1) is 13.8 Å². The summed E-state index contributed by atoms with van der Waals surface area (Å²) in [4.78, 5) is 11.9. The predicted molar refractivity (Wildman–Crippen MR) is 92.1 cm³/mol. The first-order valence-corrected chi connectivity index (χ1v) is 8.74. The molecular formula is C19H22F3N3O. The number of halogens is 3. The molecule has 26 heavy (non-hydrogen) atoms. The molecule has 3 rings (SSSR count).